The number of aromatic nitrogens is 3. The molecule has 0 spiro atoms. The number of rotatable bonds is 6. The van der Waals surface area contributed by atoms with Crippen molar-refractivity contribution in [2.45, 2.75) is 13.5 Å². The maximum Gasteiger partial charge on any atom is 0.323 e. The molecule has 178 valence electrons. The summed E-state index contributed by atoms with van der Waals surface area (Å²) >= 11 is 12.1. The first-order valence-corrected chi connectivity index (χ1v) is 11.4. The van der Waals surface area contributed by atoms with Crippen molar-refractivity contribution >= 4 is 40.6 Å². The van der Waals surface area contributed by atoms with Crippen molar-refractivity contribution in [3.63, 3.8) is 0 Å². The molecular weight excluding hydrogens is 489 g/mol. The summed E-state index contributed by atoms with van der Waals surface area (Å²) in [7, 11) is 1.62. The van der Waals surface area contributed by atoms with Crippen LogP contribution in [0.1, 0.15) is 6.92 Å². The molecule has 0 aliphatic carbocycles. The minimum Gasteiger partial charge on any atom is -0.497 e. The fourth-order valence-electron chi connectivity index (χ4n) is 3.45. The third-order valence-corrected chi connectivity index (χ3v) is 5.75. The second-order valence-electron chi connectivity index (χ2n) is 7.43. The van der Waals surface area contributed by atoms with Crippen LogP contribution >= 0.6 is 23.2 Å². The van der Waals surface area contributed by atoms with Crippen LogP contribution in [-0.2, 0) is 6.54 Å². The highest BCUT2D eigenvalue weighted by molar-refractivity contribution is 6.39. The van der Waals surface area contributed by atoms with Crippen LogP contribution in [-0.4, -0.2) is 27.9 Å². The lowest BCUT2D eigenvalue weighted by molar-refractivity contribution is 0.262. The first kappa shape index (κ1) is 24.3. The van der Waals surface area contributed by atoms with E-state index in [0.717, 1.165) is 22.4 Å². The number of urea groups is 1. The molecule has 0 aliphatic rings. The minimum absolute atomic E-state index is 0.0578. The molecule has 8 nitrogen and oxygen atoms in total. The van der Waals surface area contributed by atoms with Gasteiger partial charge in [-0.05, 0) is 42.3 Å². The number of aryl methyl sites for hydroxylation is 1. The van der Waals surface area contributed by atoms with E-state index in [2.05, 4.69) is 20.7 Å². The Morgan fingerprint density at radius 1 is 0.971 bits per heavy atom. The van der Waals surface area contributed by atoms with Crippen LogP contribution in [0.4, 0.5) is 16.2 Å². The van der Waals surface area contributed by atoms with Crippen molar-refractivity contribution in [3.8, 4) is 28.1 Å². The topological polar surface area (TPSA) is 98.1 Å². The minimum atomic E-state index is -0.679. The largest absolute Gasteiger partial charge is 0.497 e. The number of anilines is 2. The molecule has 4 aromatic rings. The van der Waals surface area contributed by atoms with Crippen LogP contribution in [0.5, 0.6) is 5.75 Å². The van der Waals surface area contributed by atoms with Crippen molar-refractivity contribution in [1.29, 1.82) is 0 Å². The molecule has 2 aromatic carbocycles. The van der Waals surface area contributed by atoms with E-state index in [0.29, 0.717) is 12.2 Å². The Morgan fingerprint density at radius 2 is 1.63 bits per heavy atom. The van der Waals surface area contributed by atoms with Gasteiger partial charge in [0, 0.05) is 24.5 Å². The summed E-state index contributed by atoms with van der Waals surface area (Å²) in [6, 6.07) is 16.3. The number of hydrogen-bond donors (Lipinski definition) is 2. The van der Waals surface area contributed by atoms with Gasteiger partial charge in [-0.1, -0.05) is 53.5 Å². The maximum atomic E-state index is 12.8. The third-order valence-electron chi connectivity index (χ3n) is 5.18. The zero-order valence-electron chi connectivity index (χ0n) is 18.9. The van der Waals surface area contributed by atoms with E-state index in [4.69, 9.17) is 27.9 Å². The van der Waals surface area contributed by atoms with Crippen molar-refractivity contribution in [2.24, 2.45) is 0 Å². The number of ether oxygens (including phenoxy) is 1. The van der Waals surface area contributed by atoms with E-state index in [1.165, 1.54) is 23.1 Å². The van der Waals surface area contributed by atoms with Crippen LogP contribution in [0.2, 0.25) is 10.0 Å². The van der Waals surface area contributed by atoms with Crippen LogP contribution in [0.15, 0.2) is 71.8 Å². The molecule has 0 unspecified atom stereocenters. The molecule has 0 saturated carbocycles. The second kappa shape index (κ2) is 10.6. The number of benzene rings is 2. The van der Waals surface area contributed by atoms with E-state index in [1.807, 2.05) is 48.5 Å². The summed E-state index contributed by atoms with van der Waals surface area (Å²) in [6.07, 6.45) is 2.71. The SMILES string of the molecule is CCn1nc(-c2cccc(-c3cccc(OC)c3)c2)cc(NC(=O)Nc2c(Cl)cncc2Cl)c1=O. The number of nitrogens with zero attached hydrogens (tertiary/aromatic N) is 3. The Hall–Kier alpha value is -3.88. The molecule has 2 N–H and O–H groups in total. The highest BCUT2D eigenvalue weighted by Crippen LogP contribution is 2.30. The van der Waals surface area contributed by atoms with Gasteiger partial charge in [-0.2, -0.15) is 5.10 Å². The summed E-state index contributed by atoms with van der Waals surface area (Å²) in [5.74, 6) is 0.748. The van der Waals surface area contributed by atoms with Gasteiger partial charge < -0.3 is 15.4 Å². The van der Waals surface area contributed by atoms with Gasteiger partial charge in [0.05, 0.1) is 28.5 Å². The van der Waals surface area contributed by atoms with E-state index < -0.39 is 11.6 Å². The molecule has 4 rings (SSSR count). The Kier molecular flexibility index (Phi) is 7.33. The van der Waals surface area contributed by atoms with E-state index >= 15 is 0 Å². The van der Waals surface area contributed by atoms with Gasteiger partial charge in [-0.15, -0.1) is 0 Å². The van der Waals surface area contributed by atoms with Gasteiger partial charge in [0.15, 0.2) is 0 Å². The predicted octanol–water partition coefficient (Wildman–Crippen LogP) is 5.95. The van der Waals surface area contributed by atoms with Crippen LogP contribution in [0, 0.1) is 0 Å². The Bertz CT molecular complexity index is 1440. The van der Waals surface area contributed by atoms with Crippen LogP contribution < -0.4 is 20.9 Å². The van der Waals surface area contributed by atoms with E-state index in [-0.39, 0.29) is 21.4 Å². The Morgan fingerprint density at radius 3 is 2.31 bits per heavy atom. The average Bonchev–Trinajstić information content (AvgIpc) is 2.87. The summed E-state index contributed by atoms with van der Waals surface area (Å²) in [5.41, 5.74) is 3.02. The Labute approximate surface area is 211 Å². The zero-order chi connectivity index (χ0) is 24.9. The maximum absolute atomic E-state index is 12.8. The van der Waals surface area contributed by atoms with Gasteiger partial charge >= 0.3 is 6.03 Å². The number of carbonyl (C=O) groups excluding carboxylic acids is 1. The van der Waals surface area contributed by atoms with Crippen molar-refractivity contribution < 1.29 is 9.53 Å². The molecule has 0 saturated heterocycles. The van der Waals surface area contributed by atoms with E-state index in [1.54, 1.807) is 14.0 Å². The van der Waals surface area contributed by atoms with Crippen molar-refractivity contribution in [2.75, 3.05) is 17.7 Å². The number of halogens is 2. The quantitative estimate of drug-likeness (QED) is 0.334. The number of amides is 2. The van der Waals surface area contributed by atoms with Crippen LogP contribution in [0.25, 0.3) is 22.4 Å². The monoisotopic (exact) mass is 509 g/mol. The standard InChI is InChI=1S/C25H21Cl2N5O3/c1-3-32-24(33)22(29-25(34)30-23-19(26)13-28-14-20(23)27)12-21(31-32)17-8-4-6-15(10-17)16-7-5-9-18(11-16)35-2/h4-14H,3H2,1-2H3,(H2,28,29,30,34). The van der Waals surface area contributed by atoms with Crippen molar-refractivity contribution in [1.82, 2.24) is 14.8 Å². The molecule has 35 heavy (non-hydrogen) atoms. The average molecular weight is 510 g/mol. The highest BCUT2D eigenvalue weighted by Gasteiger charge is 2.15. The Balaban J connectivity index is 1.67. The predicted molar refractivity (Wildman–Crippen MR) is 138 cm³/mol. The molecule has 0 fully saturated rings. The number of carbonyl (C=O) groups is 1. The van der Waals surface area contributed by atoms with Crippen LogP contribution in [0.3, 0.4) is 0 Å². The number of hydrogen-bond acceptors (Lipinski definition) is 5. The van der Waals surface area contributed by atoms with Gasteiger partial charge in [0.2, 0.25) is 0 Å². The fraction of sp³-hybridized carbons (Fsp3) is 0.120. The molecule has 2 heterocycles. The van der Waals surface area contributed by atoms with Crippen molar-refractivity contribution in [3.05, 3.63) is 87.4 Å². The first-order valence-electron chi connectivity index (χ1n) is 10.6. The molecule has 10 heteroatoms. The lowest BCUT2D eigenvalue weighted by Gasteiger charge is -2.13. The van der Waals surface area contributed by atoms with Gasteiger partial charge in [0.25, 0.3) is 5.56 Å². The molecule has 2 amide bonds. The molecule has 0 radical (unpaired) electrons. The smallest absolute Gasteiger partial charge is 0.323 e. The molecule has 2 aromatic heterocycles. The summed E-state index contributed by atoms with van der Waals surface area (Å²) in [5, 5.41) is 9.95. The molecule has 0 bridgehead atoms. The molecule has 0 atom stereocenters. The zero-order valence-corrected chi connectivity index (χ0v) is 20.4. The second-order valence-corrected chi connectivity index (χ2v) is 8.25. The summed E-state index contributed by atoms with van der Waals surface area (Å²) in [6.45, 7) is 2.12. The normalized spacial score (nSPS) is 10.6. The third kappa shape index (κ3) is 5.45. The molecular formula is C25H21Cl2N5O3. The van der Waals surface area contributed by atoms with Gasteiger partial charge in [-0.3, -0.25) is 9.78 Å². The number of methoxy groups -OCH3 is 1. The molecule has 0 aliphatic heterocycles. The first-order chi connectivity index (χ1) is 16.9. The number of pyridine rings is 1. The lowest BCUT2D eigenvalue weighted by atomic mass is 10.0. The van der Waals surface area contributed by atoms with Gasteiger partial charge in [-0.25, -0.2) is 9.48 Å². The van der Waals surface area contributed by atoms with Gasteiger partial charge in [0.1, 0.15) is 11.4 Å². The lowest BCUT2D eigenvalue weighted by Crippen LogP contribution is -2.29. The summed E-state index contributed by atoms with van der Waals surface area (Å²) in [4.78, 5) is 29.3. The highest BCUT2D eigenvalue weighted by atomic mass is 35.5. The van der Waals surface area contributed by atoms with E-state index in [9.17, 15) is 9.59 Å². The fourth-order valence-corrected chi connectivity index (χ4v) is 3.90. The summed E-state index contributed by atoms with van der Waals surface area (Å²) < 4.78 is 6.62. The number of nitrogens with one attached hydrogen (secondary N) is 2.